The predicted molar refractivity (Wildman–Crippen MR) is 116 cm³/mol. The fraction of sp³-hybridized carbons (Fsp3) is 0.478. The summed E-state index contributed by atoms with van der Waals surface area (Å²) in [5.41, 5.74) is 3.53. The molecule has 6 heteroatoms. The molecule has 1 aliphatic rings. The Hall–Kier alpha value is -2.18. The van der Waals surface area contributed by atoms with Gasteiger partial charge in [0.1, 0.15) is 0 Å². The third kappa shape index (κ3) is 4.70. The van der Waals surface area contributed by atoms with Gasteiger partial charge in [-0.1, -0.05) is 38.1 Å². The Morgan fingerprint density at radius 1 is 1.24 bits per heavy atom. The molecular weight excluding hydrogens is 384 g/mol. The number of hydrogen-bond acceptors (Lipinski definition) is 4. The number of thiophene rings is 1. The van der Waals surface area contributed by atoms with Gasteiger partial charge in [0.2, 0.25) is 11.8 Å². The molecular formula is C23H30N2O3S. The lowest BCUT2D eigenvalue weighted by molar-refractivity contribution is -0.143. The number of rotatable bonds is 7. The lowest BCUT2D eigenvalue weighted by atomic mass is 9.90. The summed E-state index contributed by atoms with van der Waals surface area (Å²) in [6, 6.07) is 10.3. The molecule has 1 atom stereocenters. The largest absolute Gasteiger partial charge is 0.383 e. The van der Waals surface area contributed by atoms with Gasteiger partial charge in [0, 0.05) is 31.0 Å². The molecule has 0 spiro atoms. The molecule has 0 bridgehead atoms. The minimum atomic E-state index is -0.156. The molecule has 0 aliphatic carbocycles. The number of carbonyl (C=O) groups is 2. The van der Waals surface area contributed by atoms with E-state index in [0.717, 1.165) is 12.0 Å². The minimum Gasteiger partial charge on any atom is -0.383 e. The van der Waals surface area contributed by atoms with E-state index in [-0.39, 0.29) is 30.3 Å². The number of benzene rings is 1. The smallest absolute Gasteiger partial charge is 0.242 e. The SMILES string of the molecule is COCCN(CC(=O)N1CCc2sccc2[C@@H]1c1ccccc1C)C(=O)C(C)C. The molecule has 1 aromatic heterocycles. The summed E-state index contributed by atoms with van der Waals surface area (Å²) in [5.74, 6) is -0.187. The van der Waals surface area contributed by atoms with Crippen LogP contribution in [0.1, 0.15) is 41.5 Å². The van der Waals surface area contributed by atoms with Gasteiger partial charge in [-0.15, -0.1) is 11.3 Å². The summed E-state index contributed by atoms with van der Waals surface area (Å²) in [6.07, 6.45) is 0.858. The second-order valence-electron chi connectivity index (χ2n) is 7.80. The first-order valence-corrected chi connectivity index (χ1v) is 11.0. The first-order valence-electron chi connectivity index (χ1n) is 10.1. The Bertz CT molecular complexity index is 861. The van der Waals surface area contributed by atoms with Crippen molar-refractivity contribution in [3.63, 3.8) is 0 Å². The van der Waals surface area contributed by atoms with Crippen LogP contribution in [-0.2, 0) is 20.7 Å². The van der Waals surface area contributed by atoms with E-state index in [4.69, 9.17) is 4.74 Å². The molecule has 29 heavy (non-hydrogen) atoms. The average molecular weight is 415 g/mol. The van der Waals surface area contributed by atoms with Crippen molar-refractivity contribution in [1.29, 1.82) is 0 Å². The monoisotopic (exact) mass is 414 g/mol. The Balaban J connectivity index is 1.90. The highest BCUT2D eigenvalue weighted by Gasteiger charge is 2.34. The van der Waals surface area contributed by atoms with Gasteiger partial charge in [-0.05, 0) is 41.5 Å². The van der Waals surface area contributed by atoms with Crippen molar-refractivity contribution >= 4 is 23.2 Å². The van der Waals surface area contributed by atoms with Gasteiger partial charge in [0.25, 0.3) is 0 Å². The van der Waals surface area contributed by atoms with Crippen LogP contribution in [0.25, 0.3) is 0 Å². The maximum absolute atomic E-state index is 13.4. The maximum atomic E-state index is 13.4. The van der Waals surface area contributed by atoms with Gasteiger partial charge in [-0.25, -0.2) is 0 Å². The zero-order chi connectivity index (χ0) is 21.0. The molecule has 0 unspecified atom stereocenters. The lowest BCUT2D eigenvalue weighted by Crippen LogP contribution is -2.48. The second-order valence-corrected chi connectivity index (χ2v) is 8.80. The van der Waals surface area contributed by atoms with E-state index < -0.39 is 0 Å². The summed E-state index contributed by atoms with van der Waals surface area (Å²) in [7, 11) is 1.61. The number of amides is 2. The van der Waals surface area contributed by atoms with Gasteiger partial charge in [0.15, 0.2) is 0 Å². The van der Waals surface area contributed by atoms with Gasteiger partial charge in [-0.3, -0.25) is 9.59 Å². The van der Waals surface area contributed by atoms with Crippen molar-refractivity contribution in [2.45, 2.75) is 33.2 Å². The number of hydrogen-bond donors (Lipinski definition) is 0. The zero-order valence-electron chi connectivity index (χ0n) is 17.7. The highest BCUT2D eigenvalue weighted by atomic mass is 32.1. The summed E-state index contributed by atoms with van der Waals surface area (Å²) in [4.78, 5) is 31.0. The van der Waals surface area contributed by atoms with E-state index in [9.17, 15) is 9.59 Å². The van der Waals surface area contributed by atoms with E-state index in [0.29, 0.717) is 19.7 Å². The number of aryl methyl sites for hydroxylation is 1. The van der Waals surface area contributed by atoms with E-state index in [2.05, 4.69) is 30.5 Å². The number of nitrogens with zero attached hydrogens (tertiary/aromatic N) is 2. The normalized spacial score (nSPS) is 16.0. The number of carbonyl (C=O) groups excluding carboxylic acids is 2. The second kappa shape index (κ2) is 9.55. The van der Waals surface area contributed by atoms with Crippen LogP contribution in [0.3, 0.4) is 0 Å². The summed E-state index contributed by atoms with van der Waals surface area (Å²) >= 11 is 1.76. The van der Waals surface area contributed by atoms with Gasteiger partial charge < -0.3 is 14.5 Å². The molecule has 5 nitrogen and oxygen atoms in total. The fourth-order valence-electron chi connectivity index (χ4n) is 3.90. The fourth-order valence-corrected chi connectivity index (χ4v) is 4.81. The lowest BCUT2D eigenvalue weighted by Gasteiger charge is -2.38. The molecule has 1 aromatic carbocycles. The van der Waals surface area contributed by atoms with Crippen molar-refractivity contribution in [2.75, 3.05) is 33.4 Å². The Kier molecular flexibility index (Phi) is 7.09. The third-order valence-corrected chi connectivity index (χ3v) is 6.46. The van der Waals surface area contributed by atoms with Crippen molar-refractivity contribution in [1.82, 2.24) is 9.80 Å². The van der Waals surface area contributed by atoms with Gasteiger partial charge in [0.05, 0.1) is 19.2 Å². The first-order chi connectivity index (χ1) is 13.9. The van der Waals surface area contributed by atoms with Crippen LogP contribution in [-0.4, -0.2) is 55.0 Å². The Labute approximate surface area is 177 Å². The van der Waals surface area contributed by atoms with Crippen molar-refractivity contribution in [3.05, 3.63) is 57.3 Å². The number of ether oxygens (including phenoxy) is 1. The molecule has 156 valence electrons. The van der Waals surface area contributed by atoms with Crippen molar-refractivity contribution in [2.24, 2.45) is 5.92 Å². The molecule has 2 amide bonds. The molecule has 2 heterocycles. The van der Waals surface area contributed by atoms with E-state index in [1.54, 1.807) is 23.3 Å². The van der Waals surface area contributed by atoms with E-state index in [1.807, 2.05) is 30.9 Å². The quantitative estimate of drug-likeness (QED) is 0.695. The average Bonchev–Trinajstić information content (AvgIpc) is 3.19. The first kappa shape index (κ1) is 21.5. The summed E-state index contributed by atoms with van der Waals surface area (Å²) < 4.78 is 5.15. The van der Waals surface area contributed by atoms with Crippen LogP contribution in [0, 0.1) is 12.8 Å². The molecule has 3 rings (SSSR count). The molecule has 0 N–H and O–H groups in total. The molecule has 0 radical (unpaired) electrons. The van der Waals surface area contributed by atoms with Crippen LogP contribution in [0.15, 0.2) is 35.7 Å². The van der Waals surface area contributed by atoms with Crippen LogP contribution >= 0.6 is 11.3 Å². The molecule has 0 fully saturated rings. The highest BCUT2D eigenvalue weighted by molar-refractivity contribution is 7.10. The maximum Gasteiger partial charge on any atom is 0.242 e. The zero-order valence-corrected chi connectivity index (χ0v) is 18.5. The topological polar surface area (TPSA) is 49.9 Å². The van der Waals surface area contributed by atoms with Crippen LogP contribution in [0.5, 0.6) is 0 Å². The van der Waals surface area contributed by atoms with Gasteiger partial charge >= 0.3 is 0 Å². The van der Waals surface area contributed by atoms with Crippen molar-refractivity contribution in [3.8, 4) is 0 Å². The summed E-state index contributed by atoms with van der Waals surface area (Å²) in [6.45, 7) is 7.41. The van der Waals surface area contributed by atoms with Gasteiger partial charge in [-0.2, -0.15) is 0 Å². The van der Waals surface area contributed by atoms with E-state index >= 15 is 0 Å². The third-order valence-electron chi connectivity index (χ3n) is 5.47. The molecule has 0 saturated carbocycles. The van der Waals surface area contributed by atoms with E-state index in [1.165, 1.54) is 16.0 Å². The highest BCUT2D eigenvalue weighted by Crippen LogP contribution is 2.38. The van der Waals surface area contributed by atoms with Crippen LogP contribution in [0.4, 0.5) is 0 Å². The Morgan fingerprint density at radius 3 is 2.69 bits per heavy atom. The molecule has 0 saturated heterocycles. The number of methoxy groups -OCH3 is 1. The van der Waals surface area contributed by atoms with Crippen LogP contribution in [0.2, 0.25) is 0 Å². The standard InChI is InChI=1S/C23H30N2O3S/c1-16(2)23(27)24(12-13-28-4)15-21(26)25-11-9-20-19(10-14-29-20)22(25)18-8-6-5-7-17(18)3/h5-8,10,14,16,22H,9,11-13,15H2,1-4H3/t22-/m0/s1. The molecule has 1 aliphatic heterocycles. The van der Waals surface area contributed by atoms with Crippen molar-refractivity contribution < 1.29 is 14.3 Å². The predicted octanol–water partition coefficient (Wildman–Crippen LogP) is 3.66. The number of fused-ring (bicyclic) bond motifs is 1. The van der Waals surface area contributed by atoms with Crippen LogP contribution < -0.4 is 0 Å². The summed E-state index contributed by atoms with van der Waals surface area (Å²) in [5, 5.41) is 2.11. The molecule has 2 aromatic rings. The Morgan fingerprint density at radius 2 is 2.00 bits per heavy atom. The minimum absolute atomic E-state index is 0.0137.